The van der Waals surface area contributed by atoms with Crippen molar-refractivity contribution in [2.45, 2.75) is 452 Å². The zero-order valence-corrected chi connectivity index (χ0v) is 92.3. The fourth-order valence-electron chi connectivity index (χ4n) is 12.9. The van der Waals surface area contributed by atoms with Crippen LogP contribution in [0.15, 0.2) is 24.3 Å². The molecule has 0 aromatic heterocycles. The highest BCUT2D eigenvalue weighted by molar-refractivity contribution is 5.96. The molecular weight excluding hydrogens is 1620 g/mol. The summed E-state index contributed by atoms with van der Waals surface area (Å²) in [6.07, 6.45) is 24.6. The molecule has 5 N–H and O–H groups in total. The van der Waals surface area contributed by atoms with Crippen LogP contribution in [0.25, 0.3) is 0 Å². The third-order valence-electron chi connectivity index (χ3n) is 19.9. The average Bonchev–Trinajstić information content (AvgIpc) is 1.65. The van der Waals surface area contributed by atoms with Gasteiger partial charge >= 0.3 is 6.09 Å². The van der Waals surface area contributed by atoms with Crippen molar-refractivity contribution in [3.05, 3.63) is 35.4 Å². The number of nitrogens with zero attached hydrogens (tertiary/aromatic N) is 5. The number of carbonyl (C=O) groups is 11. The van der Waals surface area contributed by atoms with E-state index in [0.717, 1.165) is 171 Å². The first-order valence-corrected chi connectivity index (χ1v) is 49.8. The molecule has 22 nitrogen and oxygen atoms in total. The number of hydrogen-bond donors (Lipinski definition) is 5. The molecule has 2 fully saturated rings. The number of Topliss-reactive ketones (excluding diaryl/α,β-unsaturated/α-hetero) is 1. The second kappa shape index (κ2) is 79.9. The number of ether oxygens (including phenoxy) is 1. The molecule has 0 bridgehead atoms. The molecule has 1 aromatic carbocycles. The standard InChI is InChI=1S/C15H23NO.C11H21NO.C11H23NO.2C10H21NO.C9H17NO.C9H19NO.C8H17NO2.2C8H17NO.C8H16O/c1-11(2)10-12-8-6-7-9-13(12)14(17)16-15(3,4)5;1-10(2)6-5-7-11(13)12-8-3-4-9-12;1-9(2)7-6-8-10(13)12-11(3,4)5;1-8(2)7-10(4,5)11(6)9(3)12;1-8(2)6-5-7-10(12)11-9(3)4;1-8(2)5-7-10-6-3-4-9(10)11;1-7(2)6-9(4,5)10-8(3)11;1-7(2)5-6-11-8(10)9(3)4;1-7(2)5-6-9(4)8(3)10;1-7(2)5-4-6-8(10)9-3;1-7(2)5-4-6-8(3)9/h6-9,11H,10H2,1-5H3,(H,16,17);10H,3-9H2,1-2H3;9H,6-8H2,1-5H3,(H,12,13);8H,7H2,1-6H3;8-9H,5-7H2,1-4H3,(H,11,12);8H,3-7H2,1-2H3;7H,6H2,1-5H3,(H,10,11);7H,5-6H2,1-4H3;7H,5-6H2,1-4H3;7H,4-6H2,1-3H3,(H,9,10);7H,4-6H2,1-3H3. The number of carbonyl (C=O) groups excluding carboxylic acids is 11. The van der Waals surface area contributed by atoms with E-state index >= 15 is 0 Å². The van der Waals surface area contributed by atoms with Crippen LogP contribution in [0.4, 0.5) is 4.79 Å². The molecule has 0 spiro atoms. The summed E-state index contributed by atoms with van der Waals surface area (Å²) in [7, 11) is 8.74. The Labute approximate surface area is 796 Å². The zero-order valence-electron chi connectivity index (χ0n) is 92.3. The van der Waals surface area contributed by atoms with E-state index < -0.39 is 0 Å². The molecule has 129 heavy (non-hydrogen) atoms. The molecule has 2 aliphatic heterocycles. The van der Waals surface area contributed by atoms with Crippen LogP contribution in [-0.4, -0.2) is 192 Å². The van der Waals surface area contributed by atoms with Gasteiger partial charge in [0.15, 0.2) is 0 Å². The van der Waals surface area contributed by atoms with Gasteiger partial charge in [-0.25, -0.2) is 4.79 Å². The van der Waals surface area contributed by atoms with Crippen LogP contribution < -0.4 is 26.6 Å². The van der Waals surface area contributed by atoms with Crippen molar-refractivity contribution in [2.75, 3.05) is 74.6 Å². The van der Waals surface area contributed by atoms with E-state index in [0.29, 0.717) is 96.7 Å². The smallest absolute Gasteiger partial charge is 0.409 e. The summed E-state index contributed by atoms with van der Waals surface area (Å²) in [6.45, 7) is 83.8. The van der Waals surface area contributed by atoms with Crippen LogP contribution in [0, 0.1) is 65.1 Å². The monoisotopic (exact) mass is 1830 g/mol. The number of likely N-dealkylation sites (tertiary alicyclic amines) is 2. The lowest BCUT2D eigenvalue weighted by Crippen LogP contribution is -2.44. The van der Waals surface area contributed by atoms with Crippen molar-refractivity contribution in [3.8, 4) is 0 Å². The van der Waals surface area contributed by atoms with Gasteiger partial charge in [-0.3, -0.25) is 43.2 Å². The molecule has 22 heteroatoms. The second-order valence-corrected chi connectivity index (χ2v) is 44.0. The summed E-state index contributed by atoms with van der Waals surface area (Å²) >= 11 is 0. The quantitative estimate of drug-likeness (QED) is 0.0412. The Morgan fingerprint density at radius 3 is 1.20 bits per heavy atom. The van der Waals surface area contributed by atoms with Gasteiger partial charge in [0.2, 0.25) is 47.3 Å². The molecule has 2 aliphatic rings. The Balaban J connectivity index is -0.000000209. The summed E-state index contributed by atoms with van der Waals surface area (Å²) in [5.74, 6) is 9.29. The third kappa shape index (κ3) is 105. The Morgan fingerprint density at radius 1 is 0.442 bits per heavy atom. The SMILES string of the molecule is CC(=O)CCCC(C)C.CC(=O)N(C)C(C)(C)CC(C)C.CC(=O)N(C)CCC(C)C.CC(=O)NC(C)(C)CC(C)C.CC(C)CCCC(=O)N1CCCC1.CC(C)CCCC(=O)NC(C)(C)C.CC(C)CCCC(=O)NC(C)C.CC(C)CCN1CCCC1=O.CC(C)CCOC(=O)N(C)C.CC(C)Cc1ccccc1C(=O)NC(C)(C)C.CNC(=O)CCCC(C)C. The summed E-state index contributed by atoms with van der Waals surface area (Å²) < 4.78 is 4.90. The van der Waals surface area contributed by atoms with Gasteiger partial charge in [0.25, 0.3) is 5.91 Å². The largest absolute Gasteiger partial charge is 0.449 e. The molecule has 2 heterocycles. The Morgan fingerprint density at radius 2 is 0.853 bits per heavy atom. The summed E-state index contributed by atoms with van der Waals surface area (Å²) in [4.78, 5) is 131. The number of benzene rings is 1. The molecule has 0 aliphatic carbocycles. The fraction of sp³-hybridized carbons (Fsp3) is 0.841. The van der Waals surface area contributed by atoms with E-state index in [1.807, 2.05) is 108 Å². The van der Waals surface area contributed by atoms with Crippen LogP contribution in [-0.2, 0) is 54.3 Å². The number of ketones is 1. The molecule has 0 atom stereocenters. The summed E-state index contributed by atoms with van der Waals surface area (Å²) in [6, 6.07) is 8.13. The molecule has 2 saturated heterocycles. The minimum absolute atomic E-state index is 0.0139. The first kappa shape index (κ1) is 138. The minimum Gasteiger partial charge on any atom is -0.449 e. The molecule has 0 radical (unpaired) electrons. The van der Waals surface area contributed by atoms with Gasteiger partial charge in [-0.1, -0.05) is 203 Å². The van der Waals surface area contributed by atoms with Gasteiger partial charge in [0.05, 0.1) is 6.61 Å². The number of rotatable bonds is 39. The van der Waals surface area contributed by atoms with Crippen molar-refractivity contribution >= 4 is 65.0 Å². The highest BCUT2D eigenvalue weighted by atomic mass is 16.6. The van der Waals surface area contributed by atoms with Crippen LogP contribution in [0.5, 0.6) is 0 Å². The second-order valence-electron chi connectivity index (χ2n) is 44.0. The van der Waals surface area contributed by atoms with Crippen molar-refractivity contribution in [3.63, 3.8) is 0 Å². The molecule has 0 unspecified atom stereocenters. The zero-order chi connectivity index (χ0) is 102. The number of nitrogens with one attached hydrogen (secondary N) is 5. The summed E-state index contributed by atoms with van der Waals surface area (Å²) in [5.41, 5.74) is 1.58. The molecule has 0 saturated carbocycles. The third-order valence-corrected chi connectivity index (χ3v) is 19.9. The molecule has 10 amide bonds. The van der Waals surface area contributed by atoms with Crippen LogP contribution in [0.3, 0.4) is 0 Å². The summed E-state index contributed by atoms with van der Waals surface area (Å²) in [5, 5.41) is 14.4. The molecule has 762 valence electrons. The Kier molecular flexibility index (Phi) is 85.4. The topological polar surface area (TPSA) is 273 Å². The lowest BCUT2D eigenvalue weighted by atomic mass is 9.91. The lowest BCUT2D eigenvalue weighted by molar-refractivity contribution is -0.133. The average molecular weight is 1830 g/mol. The van der Waals surface area contributed by atoms with E-state index in [1.54, 1.807) is 53.7 Å². The maximum Gasteiger partial charge on any atom is 0.409 e. The lowest BCUT2D eigenvalue weighted by Gasteiger charge is -2.36. The van der Waals surface area contributed by atoms with Gasteiger partial charge in [-0.15, -0.1) is 0 Å². The first-order chi connectivity index (χ1) is 59.0. The van der Waals surface area contributed by atoms with Crippen molar-refractivity contribution in [2.24, 2.45) is 65.1 Å². The van der Waals surface area contributed by atoms with Gasteiger partial charge < -0.3 is 60.6 Å². The van der Waals surface area contributed by atoms with Crippen LogP contribution >= 0.6 is 0 Å². The van der Waals surface area contributed by atoms with Gasteiger partial charge in [-0.05, 0) is 257 Å². The highest BCUT2D eigenvalue weighted by Crippen LogP contribution is 2.23. The highest BCUT2D eigenvalue weighted by Gasteiger charge is 2.27. The Bertz CT molecular complexity index is 3030. The fourth-order valence-corrected chi connectivity index (χ4v) is 12.9. The first-order valence-electron chi connectivity index (χ1n) is 49.8. The van der Waals surface area contributed by atoms with E-state index in [-0.39, 0.29) is 75.6 Å². The van der Waals surface area contributed by atoms with Crippen molar-refractivity contribution in [1.82, 2.24) is 51.1 Å². The van der Waals surface area contributed by atoms with Crippen molar-refractivity contribution in [1.29, 1.82) is 0 Å². The van der Waals surface area contributed by atoms with E-state index in [1.165, 1.54) is 30.6 Å². The maximum absolute atomic E-state index is 12.2. The van der Waals surface area contributed by atoms with E-state index in [4.69, 9.17) is 4.74 Å². The maximum atomic E-state index is 12.2. The van der Waals surface area contributed by atoms with Gasteiger partial charge in [-0.2, -0.15) is 0 Å². The molecule has 1 aromatic rings. The van der Waals surface area contributed by atoms with Crippen molar-refractivity contribution < 1.29 is 57.5 Å². The van der Waals surface area contributed by atoms with E-state index in [2.05, 4.69) is 207 Å². The molecule has 3 rings (SSSR count). The van der Waals surface area contributed by atoms with Crippen LogP contribution in [0.2, 0.25) is 0 Å². The number of hydrogen-bond acceptors (Lipinski definition) is 12. The molecular formula is C107H212N10O12. The number of amides is 10. The Hall–Kier alpha value is -6.61. The van der Waals surface area contributed by atoms with E-state index in [9.17, 15) is 52.7 Å². The van der Waals surface area contributed by atoms with Gasteiger partial charge in [0.1, 0.15) is 5.78 Å². The minimum atomic E-state index is -0.259. The van der Waals surface area contributed by atoms with Gasteiger partial charge in [0, 0.05) is 161 Å². The predicted molar refractivity (Wildman–Crippen MR) is 549 cm³/mol. The predicted octanol–water partition coefficient (Wildman–Crippen LogP) is 24.0. The van der Waals surface area contributed by atoms with Crippen LogP contribution in [0.1, 0.15) is 433 Å². The normalized spacial score (nSPS) is 12.3.